The average Bonchev–Trinajstić information content (AvgIpc) is 2.77. The van der Waals surface area contributed by atoms with Crippen molar-refractivity contribution in [3.8, 4) is 17.2 Å². The molecule has 0 bridgehead atoms. The Kier molecular flexibility index (Phi) is 8.05. The van der Waals surface area contributed by atoms with Crippen LogP contribution in [0.2, 0.25) is 5.02 Å². The number of hydrogen-bond donors (Lipinski definition) is 0. The Bertz CT molecular complexity index is 1120. The lowest BCUT2D eigenvalue weighted by molar-refractivity contribution is -0.152. The molecule has 5 nitrogen and oxygen atoms in total. The van der Waals surface area contributed by atoms with Gasteiger partial charge in [-0.2, -0.15) is 13.2 Å². The van der Waals surface area contributed by atoms with E-state index in [1.165, 1.54) is 6.07 Å². The quantitative estimate of drug-likeness (QED) is 0.252. The predicted molar refractivity (Wildman–Crippen MR) is 118 cm³/mol. The normalized spacial score (nSPS) is 12.4. The van der Waals surface area contributed by atoms with Crippen molar-refractivity contribution in [2.45, 2.75) is 26.1 Å². The molecule has 0 amide bonds. The summed E-state index contributed by atoms with van der Waals surface area (Å²) in [4.78, 5) is 12.0. The Labute approximate surface area is 194 Å². The first kappa shape index (κ1) is 24.7. The van der Waals surface area contributed by atoms with Gasteiger partial charge >= 0.3 is 12.1 Å². The summed E-state index contributed by atoms with van der Waals surface area (Å²) in [6, 6.07) is 13.3. The van der Waals surface area contributed by atoms with Crippen LogP contribution in [0.25, 0.3) is 10.8 Å². The van der Waals surface area contributed by atoms with Crippen LogP contribution < -0.4 is 9.47 Å². The van der Waals surface area contributed by atoms with E-state index in [0.717, 1.165) is 22.9 Å². The highest BCUT2D eigenvalue weighted by molar-refractivity contribution is 6.32. The Balaban J connectivity index is 1.71. The fourth-order valence-electron chi connectivity index (χ4n) is 2.94. The number of alkyl halides is 3. The van der Waals surface area contributed by atoms with Gasteiger partial charge in [-0.1, -0.05) is 23.7 Å². The molecule has 0 saturated heterocycles. The summed E-state index contributed by atoms with van der Waals surface area (Å²) >= 11 is 5.97. The van der Waals surface area contributed by atoms with Crippen LogP contribution in [-0.4, -0.2) is 31.9 Å². The van der Waals surface area contributed by atoms with Crippen molar-refractivity contribution in [1.29, 1.82) is 0 Å². The molecule has 9 heteroatoms. The van der Waals surface area contributed by atoms with Crippen molar-refractivity contribution in [3.63, 3.8) is 0 Å². The number of carbonyl (C=O) groups excluding carboxylic acids is 1. The highest BCUT2D eigenvalue weighted by Crippen LogP contribution is 2.37. The van der Waals surface area contributed by atoms with Gasteiger partial charge in [-0.25, -0.2) is 4.79 Å². The van der Waals surface area contributed by atoms with Gasteiger partial charge < -0.3 is 18.9 Å². The van der Waals surface area contributed by atoms with Crippen LogP contribution in [-0.2, 0) is 20.4 Å². The standard InChI is InChI=1S/C24H22ClF3O5/c1-3-30-10-11-31-23(29)15(2)32-19-7-4-16-5-8-20(13-17(16)12-19)33-22-9-6-18(14-21(22)25)24(26,27)28/h4-9,12-15H,3,10-11H2,1-2H3. The van der Waals surface area contributed by atoms with Crippen molar-refractivity contribution in [1.82, 2.24) is 0 Å². The third-order valence-electron chi connectivity index (χ3n) is 4.59. The van der Waals surface area contributed by atoms with E-state index >= 15 is 0 Å². The Morgan fingerprint density at radius 2 is 1.67 bits per heavy atom. The summed E-state index contributed by atoms with van der Waals surface area (Å²) in [5.41, 5.74) is -0.856. The van der Waals surface area contributed by atoms with Crippen molar-refractivity contribution in [3.05, 3.63) is 65.2 Å². The van der Waals surface area contributed by atoms with E-state index in [4.69, 9.17) is 30.5 Å². The average molecular weight is 483 g/mol. The molecule has 0 fully saturated rings. The maximum atomic E-state index is 12.8. The number of hydrogen-bond acceptors (Lipinski definition) is 5. The molecule has 0 spiro atoms. The summed E-state index contributed by atoms with van der Waals surface area (Å²) in [5, 5.41) is 1.46. The largest absolute Gasteiger partial charge is 0.479 e. The molecular weight excluding hydrogens is 461 g/mol. The maximum Gasteiger partial charge on any atom is 0.416 e. The van der Waals surface area contributed by atoms with Gasteiger partial charge in [0, 0.05) is 6.61 Å². The third-order valence-corrected chi connectivity index (χ3v) is 4.89. The number of ether oxygens (including phenoxy) is 4. The van der Waals surface area contributed by atoms with Crippen LogP contribution in [0.4, 0.5) is 13.2 Å². The number of fused-ring (bicyclic) bond motifs is 1. The molecule has 0 radical (unpaired) electrons. The van der Waals surface area contributed by atoms with Gasteiger partial charge in [-0.05, 0) is 67.1 Å². The molecule has 0 aliphatic carbocycles. The van der Waals surface area contributed by atoms with Gasteiger partial charge in [-0.15, -0.1) is 0 Å². The number of esters is 1. The van der Waals surface area contributed by atoms with Crippen LogP contribution in [0.1, 0.15) is 19.4 Å². The van der Waals surface area contributed by atoms with Crippen LogP contribution in [0.5, 0.6) is 17.2 Å². The minimum Gasteiger partial charge on any atom is -0.479 e. The van der Waals surface area contributed by atoms with Crippen LogP contribution in [0, 0.1) is 0 Å². The van der Waals surface area contributed by atoms with E-state index in [2.05, 4.69) is 0 Å². The van der Waals surface area contributed by atoms with Gasteiger partial charge in [0.25, 0.3) is 0 Å². The fraction of sp³-hybridized carbons (Fsp3) is 0.292. The molecule has 0 N–H and O–H groups in total. The minimum absolute atomic E-state index is 0.0971. The zero-order valence-electron chi connectivity index (χ0n) is 17.9. The lowest BCUT2D eigenvalue weighted by Crippen LogP contribution is -2.27. The summed E-state index contributed by atoms with van der Waals surface area (Å²) in [6.45, 7) is 4.43. The molecule has 0 heterocycles. The molecule has 1 unspecified atom stereocenters. The van der Waals surface area contributed by atoms with E-state index in [1.807, 2.05) is 13.0 Å². The molecule has 0 aliphatic heterocycles. The molecule has 3 aromatic rings. The first-order chi connectivity index (χ1) is 15.7. The molecule has 176 valence electrons. The van der Waals surface area contributed by atoms with Crippen molar-refractivity contribution >= 4 is 28.3 Å². The highest BCUT2D eigenvalue weighted by Gasteiger charge is 2.31. The van der Waals surface area contributed by atoms with E-state index in [9.17, 15) is 18.0 Å². The van der Waals surface area contributed by atoms with E-state index < -0.39 is 23.8 Å². The summed E-state index contributed by atoms with van der Waals surface area (Å²) in [6.07, 6.45) is -5.32. The Morgan fingerprint density at radius 1 is 0.970 bits per heavy atom. The molecule has 3 rings (SSSR count). The Hall–Kier alpha value is -2.97. The lowest BCUT2D eigenvalue weighted by Gasteiger charge is -2.15. The number of rotatable bonds is 9. The van der Waals surface area contributed by atoms with Crippen LogP contribution >= 0.6 is 11.6 Å². The fourth-order valence-corrected chi connectivity index (χ4v) is 3.16. The minimum atomic E-state index is -4.49. The monoisotopic (exact) mass is 482 g/mol. The van der Waals surface area contributed by atoms with E-state index in [-0.39, 0.29) is 17.4 Å². The maximum absolute atomic E-state index is 12.8. The molecule has 33 heavy (non-hydrogen) atoms. The molecule has 3 aromatic carbocycles. The zero-order chi connectivity index (χ0) is 24.0. The van der Waals surface area contributed by atoms with Gasteiger partial charge in [0.05, 0.1) is 17.2 Å². The molecule has 0 saturated carbocycles. The zero-order valence-corrected chi connectivity index (χ0v) is 18.7. The second-order valence-electron chi connectivity index (χ2n) is 7.04. The Morgan fingerprint density at radius 3 is 2.33 bits per heavy atom. The first-order valence-electron chi connectivity index (χ1n) is 10.2. The molecular formula is C24H22ClF3O5. The van der Waals surface area contributed by atoms with Crippen molar-refractivity contribution in [2.75, 3.05) is 19.8 Å². The van der Waals surface area contributed by atoms with Crippen molar-refractivity contribution in [2.24, 2.45) is 0 Å². The van der Waals surface area contributed by atoms with Crippen molar-refractivity contribution < 1.29 is 36.9 Å². The molecule has 1 atom stereocenters. The third kappa shape index (κ3) is 6.76. The number of benzene rings is 3. The first-order valence-corrected chi connectivity index (χ1v) is 10.5. The number of halogens is 4. The van der Waals surface area contributed by atoms with Crippen LogP contribution in [0.15, 0.2) is 54.6 Å². The summed E-state index contributed by atoms with van der Waals surface area (Å²) in [5.74, 6) is 0.412. The SMILES string of the molecule is CCOCCOC(=O)C(C)Oc1ccc2ccc(Oc3ccc(C(F)(F)F)cc3Cl)cc2c1. The van der Waals surface area contributed by atoms with Crippen LogP contribution in [0.3, 0.4) is 0 Å². The van der Waals surface area contributed by atoms with Gasteiger partial charge in [0.2, 0.25) is 0 Å². The predicted octanol–water partition coefficient (Wildman–Crippen LogP) is 6.65. The number of carbonyl (C=O) groups is 1. The van der Waals surface area contributed by atoms with Gasteiger partial charge in [0.15, 0.2) is 6.10 Å². The topological polar surface area (TPSA) is 54.0 Å². The van der Waals surface area contributed by atoms with E-state index in [0.29, 0.717) is 24.7 Å². The second kappa shape index (κ2) is 10.8. The molecule has 0 aliphatic rings. The lowest BCUT2D eigenvalue weighted by atomic mass is 10.1. The van der Waals surface area contributed by atoms with Gasteiger partial charge in [-0.3, -0.25) is 0 Å². The molecule has 0 aromatic heterocycles. The van der Waals surface area contributed by atoms with Gasteiger partial charge in [0.1, 0.15) is 23.9 Å². The summed E-state index contributed by atoms with van der Waals surface area (Å²) in [7, 11) is 0. The summed E-state index contributed by atoms with van der Waals surface area (Å²) < 4.78 is 60.1. The van der Waals surface area contributed by atoms with E-state index in [1.54, 1.807) is 37.3 Å². The smallest absolute Gasteiger partial charge is 0.416 e. The second-order valence-corrected chi connectivity index (χ2v) is 7.45. The highest BCUT2D eigenvalue weighted by atomic mass is 35.5.